The van der Waals surface area contributed by atoms with Crippen LogP contribution in [0.3, 0.4) is 0 Å². The first-order valence-electron chi connectivity index (χ1n) is 4.34. The Morgan fingerprint density at radius 1 is 1.15 bits per heavy atom. The minimum absolute atomic E-state index is 1.09. The summed E-state index contributed by atoms with van der Waals surface area (Å²) in [7, 11) is 0. The predicted molar refractivity (Wildman–Crippen MR) is 60.2 cm³/mol. The van der Waals surface area contributed by atoms with E-state index in [1.807, 2.05) is 0 Å². The number of benzene rings is 1. The molecule has 0 bridgehead atoms. The molecule has 0 aliphatic rings. The first-order valence-corrected chi connectivity index (χ1v) is 5.14. The van der Waals surface area contributed by atoms with E-state index < -0.39 is 0 Å². The fourth-order valence-electron chi connectivity index (χ4n) is 1.75. The number of hydrogen-bond acceptors (Lipinski definition) is 0. The maximum absolute atomic E-state index is 3.51. The Morgan fingerprint density at radius 3 is 2.54 bits per heavy atom. The van der Waals surface area contributed by atoms with Crippen LogP contribution in [0.5, 0.6) is 0 Å². The van der Waals surface area contributed by atoms with Gasteiger partial charge in [0.25, 0.3) is 0 Å². The van der Waals surface area contributed by atoms with Crippen LogP contribution in [0, 0.1) is 20.8 Å². The van der Waals surface area contributed by atoms with Crippen molar-refractivity contribution in [2.24, 2.45) is 0 Å². The standard InChI is InChI=1S/C11H12BrN/c1-6-4-7(2)10-9(5-6)8(3)11(12)13-10/h4-5,13H,1-3H3. The van der Waals surface area contributed by atoms with E-state index >= 15 is 0 Å². The molecule has 0 saturated heterocycles. The number of halogens is 1. The van der Waals surface area contributed by atoms with Crippen LogP contribution < -0.4 is 0 Å². The molecule has 0 unspecified atom stereocenters. The van der Waals surface area contributed by atoms with E-state index in [2.05, 4.69) is 53.8 Å². The quantitative estimate of drug-likeness (QED) is 0.717. The van der Waals surface area contributed by atoms with E-state index in [1.54, 1.807) is 0 Å². The van der Waals surface area contributed by atoms with Gasteiger partial charge in [0.05, 0.1) is 4.60 Å². The first kappa shape index (κ1) is 8.82. The molecule has 2 heteroatoms. The molecule has 0 amide bonds. The highest BCUT2D eigenvalue weighted by atomic mass is 79.9. The van der Waals surface area contributed by atoms with Crippen LogP contribution in [-0.4, -0.2) is 4.98 Å². The summed E-state index contributed by atoms with van der Waals surface area (Å²) in [6.07, 6.45) is 0. The molecule has 0 aliphatic carbocycles. The van der Waals surface area contributed by atoms with E-state index in [9.17, 15) is 0 Å². The molecule has 68 valence electrons. The fourth-order valence-corrected chi connectivity index (χ4v) is 2.16. The van der Waals surface area contributed by atoms with Crippen molar-refractivity contribution in [2.75, 3.05) is 0 Å². The van der Waals surface area contributed by atoms with Gasteiger partial charge in [0.2, 0.25) is 0 Å². The number of hydrogen-bond donors (Lipinski definition) is 1. The molecule has 1 N–H and O–H groups in total. The molecule has 0 spiro atoms. The minimum atomic E-state index is 1.09. The second-order valence-electron chi connectivity index (χ2n) is 3.57. The molecule has 13 heavy (non-hydrogen) atoms. The van der Waals surface area contributed by atoms with Crippen molar-refractivity contribution in [3.8, 4) is 0 Å². The van der Waals surface area contributed by atoms with Crippen LogP contribution in [-0.2, 0) is 0 Å². The largest absolute Gasteiger partial charge is 0.349 e. The Balaban J connectivity index is 2.94. The van der Waals surface area contributed by atoms with Gasteiger partial charge in [-0.2, -0.15) is 0 Å². The molecule has 0 fully saturated rings. The lowest BCUT2D eigenvalue weighted by molar-refractivity contribution is 1.34. The van der Waals surface area contributed by atoms with Crippen molar-refractivity contribution in [2.45, 2.75) is 20.8 Å². The summed E-state index contributed by atoms with van der Waals surface area (Å²) in [4.78, 5) is 3.34. The minimum Gasteiger partial charge on any atom is -0.349 e. The van der Waals surface area contributed by atoms with Gasteiger partial charge in [-0.1, -0.05) is 11.6 Å². The molecule has 2 aromatic rings. The lowest BCUT2D eigenvalue weighted by Crippen LogP contribution is -1.79. The monoisotopic (exact) mass is 237 g/mol. The highest BCUT2D eigenvalue weighted by Crippen LogP contribution is 2.28. The van der Waals surface area contributed by atoms with E-state index in [0.717, 1.165) is 4.60 Å². The van der Waals surface area contributed by atoms with Crippen molar-refractivity contribution in [3.63, 3.8) is 0 Å². The number of aromatic nitrogens is 1. The van der Waals surface area contributed by atoms with Crippen molar-refractivity contribution in [1.82, 2.24) is 4.98 Å². The van der Waals surface area contributed by atoms with E-state index in [4.69, 9.17) is 0 Å². The van der Waals surface area contributed by atoms with Gasteiger partial charge in [0, 0.05) is 10.9 Å². The maximum Gasteiger partial charge on any atom is 0.0860 e. The van der Waals surface area contributed by atoms with Crippen molar-refractivity contribution in [1.29, 1.82) is 0 Å². The van der Waals surface area contributed by atoms with Gasteiger partial charge in [-0.25, -0.2) is 0 Å². The Bertz CT molecular complexity index is 468. The lowest BCUT2D eigenvalue weighted by Gasteiger charge is -1.98. The fraction of sp³-hybridized carbons (Fsp3) is 0.273. The lowest BCUT2D eigenvalue weighted by atomic mass is 10.1. The SMILES string of the molecule is Cc1cc(C)c2[nH]c(Br)c(C)c2c1. The van der Waals surface area contributed by atoms with Gasteiger partial charge in [0.15, 0.2) is 0 Å². The predicted octanol–water partition coefficient (Wildman–Crippen LogP) is 3.86. The van der Waals surface area contributed by atoms with Crippen LogP contribution >= 0.6 is 15.9 Å². The van der Waals surface area contributed by atoms with E-state index in [0.29, 0.717) is 0 Å². The van der Waals surface area contributed by atoms with Gasteiger partial charge in [-0.3, -0.25) is 0 Å². The van der Waals surface area contributed by atoms with Crippen molar-refractivity contribution >= 4 is 26.8 Å². The number of H-pyrrole nitrogens is 1. The summed E-state index contributed by atoms with van der Waals surface area (Å²) < 4.78 is 1.09. The molecule has 1 heterocycles. The molecule has 1 nitrogen and oxygen atoms in total. The highest BCUT2D eigenvalue weighted by molar-refractivity contribution is 9.10. The zero-order valence-electron chi connectivity index (χ0n) is 8.03. The summed E-state index contributed by atoms with van der Waals surface area (Å²) >= 11 is 3.51. The smallest absolute Gasteiger partial charge is 0.0860 e. The highest BCUT2D eigenvalue weighted by Gasteiger charge is 2.07. The Labute approximate surface area is 86.3 Å². The maximum atomic E-state index is 3.51. The zero-order chi connectivity index (χ0) is 9.59. The summed E-state index contributed by atoms with van der Waals surface area (Å²) in [6.45, 7) is 6.40. The van der Waals surface area contributed by atoms with Gasteiger partial charge >= 0.3 is 0 Å². The third kappa shape index (κ3) is 1.29. The number of aromatic amines is 1. The Kier molecular flexibility index (Phi) is 1.95. The normalized spacial score (nSPS) is 11.1. The Hall–Kier alpha value is -0.760. The molecular weight excluding hydrogens is 226 g/mol. The molecule has 1 aromatic heterocycles. The number of aryl methyl sites for hydroxylation is 3. The van der Waals surface area contributed by atoms with Crippen molar-refractivity contribution < 1.29 is 0 Å². The summed E-state index contributed by atoms with van der Waals surface area (Å²) in [5.74, 6) is 0. The zero-order valence-corrected chi connectivity index (χ0v) is 9.62. The van der Waals surface area contributed by atoms with Crippen LogP contribution in [0.4, 0.5) is 0 Å². The summed E-state index contributed by atoms with van der Waals surface area (Å²) in [5.41, 5.74) is 5.17. The van der Waals surface area contributed by atoms with Crippen LogP contribution in [0.1, 0.15) is 16.7 Å². The average Bonchev–Trinajstić information content (AvgIpc) is 2.32. The third-order valence-electron chi connectivity index (χ3n) is 2.45. The summed E-state index contributed by atoms with van der Waals surface area (Å²) in [5, 5.41) is 1.32. The number of nitrogens with one attached hydrogen (secondary N) is 1. The van der Waals surface area contributed by atoms with Crippen LogP contribution in [0.2, 0.25) is 0 Å². The molecule has 0 saturated carbocycles. The molecular formula is C11H12BrN. The van der Waals surface area contributed by atoms with Crippen molar-refractivity contribution in [3.05, 3.63) is 33.4 Å². The van der Waals surface area contributed by atoms with E-state index in [1.165, 1.54) is 27.6 Å². The molecule has 0 atom stereocenters. The van der Waals surface area contributed by atoms with Gasteiger partial charge in [-0.05, 0) is 53.9 Å². The molecule has 2 rings (SSSR count). The first-order chi connectivity index (χ1) is 6.09. The molecule has 1 aromatic carbocycles. The number of rotatable bonds is 0. The summed E-state index contributed by atoms with van der Waals surface area (Å²) in [6, 6.07) is 4.42. The second-order valence-corrected chi connectivity index (χ2v) is 4.36. The van der Waals surface area contributed by atoms with Crippen LogP contribution in [0.15, 0.2) is 16.7 Å². The average molecular weight is 238 g/mol. The number of fused-ring (bicyclic) bond motifs is 1. The third-order valence-corrected chi connectivity index (χ3v) is 3.24. The topological polar surface area (TPSA) is 15.8 Å². The second kappa shape index (κ2) is 2.88. The van der Waals surface area contributed by atoms with Gasteiger partial charge < -0.3 is 4.98 Å². The van der Waals surface area contributed by atoms with E-state index in [-0.39, 0.29) is 0 Å². The van der Waals surface area contributed by atoms with Crippen LogP contribution in [0.25, 0.3) is 10.9 Å². The molecule has 0 radical (unpaired) electrons. The Morgan fingerprint density at radius 2 is 1.85 bits per heavy atom. The van der Waals surface area contributed by atoms with Gasteiger partial charge in [0.1, 0.15) is 0 Å². The van der Waals surface area contributed by atoms with Gasteiger partial charge in [-0.15, -0.1) is 0 Å². The molecule has 0 aliphatic heterocycles.